The van der Waals surface area contributed by atoms with Crippen molar-refractivity contribution >= 4 is 17.3 Å². The Hall–Kier alpha value is -1.85. The SMILES string of the molecule is COC(=O)[C@H](c1ccccc1O)[NH+]1CCc2sccc2C1. The van der Waals surface area contributed by atoms with E-state index in [0.29, 0.717) is 5.56 Å². The third kappa shape index (κ3) is 2.66. The molecule has 2 atom stereocenters. The zero-order valence-corrected chi connectivity index (χ0v) is 12.7. The zero-order chi connectivity index (χ0) is 14.8. The van der Waals surface area contributed by atoms with Crippen LogP contribution in [-0.2, 0) is 22.5 Å². The van der Waals surface area contributed by atoms with E-state index in [1.54, 1.807) is 29.5 Å². The number of carbonyl (C=O) groups is 1. The van der Waals surface area contributed by atoms with Crippen LogP contribution in [0.5, 0.6) is 5.75 Å². The fraction of sp³-hybridized carbons (Fsp3) is 0.312. The minimum Gasteiger partial charge on any atom is -0.507 e. The molecule has 3 rings (SSSR count). The average molecular weight is 304 g/mol. The Morgan fingerprint density at radius 2 is 2.19 bits per heavy atom. The molecule has 1 aromatic carbocycles. The number of quaternary nitrogens is 1. The predicted octanol–water partition coefficient (Wildman–Crippen LogP) is 1.31. The van der Waals surface area contributed by atoms with Gasteiger partial charge in [-0.2, -0.15) is 0 Å². The molecule has 2 N–H and O–H groups in total. The van der Waals surface area contributed by atoms with Crippen LogP contribution < -0.4 is 4.90 Å². The molecule has 0 bridgehead atoms. The molecule has 2 heterocycles. The molecule has 2 aromatic rings. The van der Waals surface area contributed by atoms with Crippen molar-refractivity contribution in [3.63, 3.8) is 0 Å². The van der Waals surface area contributed by atoms with Crippen molar-refractivity contribution < 1.29 is 19.5 Å². The van der Waals surface area contributed by atoms with Gasteiger partial charge in [-0.15, -0.1) is 11.3 Å². The highest BCUT2D eigenvalue weighted by Gasteiger charge is 2.36. The molecule has 110 valence electrons. The lowest BCUT2D eigenvalue weighted by molar-refractivity contribution is -0.938. The van der Waals surface area contributed by atoms with Crippen LogP contribution in [0.4, 0.5) is 0 Å². The van der Waals surface area contributed by atoms with Crippen LogP contribution >= 0.6 is 11.3 Å². The van der Waals surface area contributed by atoms with Crippen LogP contribution in [0.2, 0.25) is 0 Å². The molecule has 1 aliphatic heterocycles. The minimum atomic E-state index is -0.482. The number of methoxy groups -OCH3 is 1. The molecule has 0 aliphatic carbocycles. The monoisotopic (exact) mass is 304 g/mol. The van der Waals surface area contributed by atoms with E-state index in [9.17, 15) is 9.90 Å². The molecule has 0 amide bonds. The highest BCUT2D eigenvalue weighted by Crippen LogP contribution is 2.25. The number of phenols is 1. The molecule has 1 aliphatic rings. The number of carbonyl (C=O) groups excluding carboxylic acids is 1. The first kappa shape index (κ1) is 14.1. The standard InChI is InChI=1S/C16H17NO3S/c1-20-16(19)15(12-4-2-3-5-13(12)18)17-8-6-14-11(10-17)7-9-21-14/h2-5,7,9,15,18H,6,8,10H2,1H3/p+1/t15-/m0/s1. The number of nitrogens with one attached hydrogen (secondary N) is 1. The Bertz CT molecular complexity index is 652. The van der Waals surface area contributed by atoms with Crippen molar-refractivity contribution in [2.75, 3.05) is 13.7 Å². The van der Waals surface area contributed by atoms with Crippen LogP contribution in [0.15, 0.2) is 35.7 Å². The van der Waals surface area contributed by atoms with Gasteiger partial charge in [-0.1, -0.05) is 12.1 Å². The number of ether oxygens (including phenoxy) is 1. The average Bonchev–Trinajstić information content (AvgIpc) is 2.97. The second kappa shape index (κ2) is 5.87. The Morgan fingerprint density at radius 3 is 2.95 bits per heavy atom. The van der Waals surface area contributed by atoms with Gasteiger partial charge in [-0.25, -0.2) is 4.79 Å². The molecule has 21 heavy (non-hydrogen) atoms. The quantitative estimate of drug-likeness (QED) is 0.841. The van der Waals surface area contributed by atoms with Crippen LogP contribution in [-0.4, -0.2) is 24.7 Å². The molecule has 0 spiro atoms. The Balaban J connectivity index is 1.94. The summed E-state index contributed by atoms with van der Waals surface area (Å²) < 4.78 is 4.98. The summed E-state index contributed by atoms with van der Waals surface area (Å²) in [4.78, 5) is 14.8. The molecular formula is C16H18NO3S+. The first-order valence-corrected chi connectivity index (χ1v) is 7.84. The second-order valence-corrected chi connectivity index (χ2v) is 6.22. The Morgan fingerprint density at radius 1 is 1.38 bits per heavy atom. The predicted molar refractivity (Wildman–Crippen MR) is 80.4 cm³/mol. The third-order valence-corrected chi connectivity index (χ3v) is 5.04. The van der Waals surface area contributed by atoms with Crippen LogP contribution in [0, 0.1) is 0 Å². The fourth-order valence-electron chi connectivity index (χ4n) is 2.96. The van der Waals surface area contributed by atoms with Crippen molar-refractivity contribution in [1.29, 1.82) is 0 Å². The lowest BCUT2D eigenvalue weighted by atomic mass is 10.0. The van der Waals surface area contributed by atoms with E-state index in [1.807, 2.05) is 6.07 Å². The van der Waals surface area contributed by atoms with Gasteiger partial charge >= 0.3 is 5.97 Å². The summed E-state index contributed by atoms with van der Waals surface area (Å²) in [5, 5.41) is 12.2. The van der Waals surface area contributed by atoms with Gasteiger partial charge in [0.1, 0.15) is 12.3 Å². The van der Waals surface area contributed by atoms with Gasteiger partial charge in [0, 0.05) is 16.9 Å². The van der Waals surface area contributed by atoms with Gasteiger partial charge in [0.05, 0.1) is 19.2 Å². The molecular weight excluding hydrogens is 286 g/mol. The van der Waals surface area contributed by atoms with Crippen LogP contribution in [0.1, 0.15) is 22.0 Å². The van der Waals surface area contributed by atoms with E-state index in [4.69, 9.17) is 4.74 Å². The smallest absolute Gasteiger partial charge is 0.369 e. The maximum absolute atomic E-state index is 12.3. The number of benzene rings is 1. The first-order chi connectivity index (χ1) is 10.2. The van der Waals surface area contributed by atoms with Crippen molar-refractivity contribution in [3.8, 4) is 5.75 Å². The topological polar surface area (TPSA) is 51.0 Å². The number of para-hydroxylation sites is 1. The third-order valence-electron chi connectivity index (χ3n) is 4.02. The lowest BCUT2D eigenvalue weighted by Crippen LogP contribution is -3.12. The summed E-state index contributed by atoms with van der Waals surface area (Å²) in [5.41, 5.74) is 1.93. The number of aromatic hydroxyl groups is 1. The molecule has 0 saturated carbocycles. The van der Waals surface area contributed by atoms with Gasteiger partial charge in [0.25, 0.3) is 0 Å². The van der Waals surface area contributed by atoms with Gasteiger partial charge in [0.15, 0.2) is 0 Å². The molecule has 4 nitrogen and oxygen atoms in total. The molecule has 0 radical (unpaired) electrons. The first-order valence-electron chi connectivity index (χ1n) is 6.96. The Labute approximate surface area is 127 Å². The summed E-state index contributed by atoms with van der Waals surface area (Å²) in [7, 11) is 1.40. The fourth-order valence-corrected chi connectivity index (χ4v) is 3.87. The second-order valence-electron chi connectivity index (χ2n) is 5.22. The summed E-state index contributed by atoms with van der Waals surface area (Å²) in [6.45, 7) is 1.65. The van der Waals surface area contributed by atoms with Crippen LogP contribution in [0.3, 0.4) is 0 Å². The van der Waals surface area contributed by atoms with Gasteiger partial charge in [-0.3, -0.25) is 0 Å². The highest BCUT2D eigenvalue weighted by atomic mass is 32.1. The normalized spacial score (nSPS) is 18.8. The Kier molecular flexibility index (Phi) is 3.94. The molecule has 1 aromatic heterocycles. The summed E-state index contributed by atoms with van der Waals surface area (Å²) in [6, 6.07) is 8.65. The summed E-state index contributed by atoms with van der Waals surface area (Å²) >= 11 is 1.77. The number of fused-ring (bicyclic) bond motifs is 1. The number of hydrogen-bond donors (Lipinski definition) is 2. The molecule has 5 heteroatoms. The van der Waals surface area contributed by atoms with E-state index in [2.05, 4.69) is 11.4 Å². The molecule has 0 fully saturated rings. The number of hydrogen-bond acceptors (Lipinski definition) is 4. The van der Waals surface area contributed by atoms with E-state index in [-0.39, 0.29) is 11.7 Å². The summed E-state index contributed by atoms with van der Waals surface area (Å²) in [5.74, 6) is -0.151. The maximum atomic E-state index is 12.3. The number of esters is 1. The number of rotatable bonds is 3. The molecule has 0 saturated heterocycles. The lowest BCUT2D eigenvalue weighted by Gasteiger charge is -2.30. The largest absolute Gasteiger partial charge is 0.507 e. The van der Waals surface area contributed by atoms with E-state index >= 15 is 0 Å². The zero-order valence-electron chi connectivity index (χ0n) is 11.8. The van der Waals surface area contributed by atoms with Crippen molar-refractivity contribution in [3.05, 3.63) is 51.7 Å². The minimum absolute atomic E-state index is 0.150. The van der Waals surface area contributed by atoms with Crippen molar-refractivity contribution in [2.45, 2.75) is 19.0 Å². The van der Waals surface area contributed by atoms with Gasteiger partial charge in [-0.05, 0) is 23.6 Å². The van der Waals surface area contributed by atoms with Crippen molar-refractivity contribution in [1.82, 2.24) is 0 Å². The number of thiophene rings is 1. The van der Waals surface area contributed by atoms with E-state index in [1.165, 1.54) is 17.6 Å². The van der Waals surface area contributed by atoms with Gasteiger partial charge < -0.3 is 14.7 Å². The highest BCUT2D eigenvalue weighted by molar-refractivity contribution is 7.10. The number of phenolic OH excluding ortho intramolecular Hbond substituents is 1. The van der Waals surface area contributed by atoms with Crippen molar-refractivity contribution in [2.24, 2.45) is 0 Å². The van der Waals surface area contributed by atoms with Crippen LogP contribution in [0.25, 0.3) is 0 Å². The molecule has 1 unspecified atom stereocenters. The van der Waals surface area contributed by atoms with E-state index < -0.39 is 6.04 Å². The van der Waals surface area contributed by atoms with Gasteiger partial charge in [0.2, 0.25) is 6.04 Å². The summed E-state index contributed by atoms with van der Waals surface area (Å²) in [6.07, 6.45) is 0.962. The van der Waals surface area contributed by atoms with E-state index in [0.717, 1.165) is 24.4 Å². The maximum Gasteiger partial charge on any atom is 0.369 e.